The predicted molar refractivity (Wildman–Crippen MR) is 140 cm³/mol. The van der Waals surface area contributed by atoms with Crippen LogP contribution in [-0.2, 0) is 22.3 Å². The number of carbonyl (C=O) groups is 2. The SMILES string of the molecule is C#Cc1ccc(N2CC(=O)N(Cc3ccc(C(F)(F)F)cc3)C3(CN(c4ccccc4NC)C3)C2=O)c(F)c1. The molecular weight excluding hydrogens is 512 g/mol. The molecule has 0 atom stereocenters. The van der Waals surface area contributed by atoms with Crippen molar-refractivity contribution in [1.29, 1.82) is 0 Å². The van der Waals surface area contributed by atoms with Gasteiger partial charge >= 0.3 is 6.18 Å². The van der Waals surface area contributed by atoms with Crippen LogP contribution in [0.15, 0.2) is 66.7 Å². The minimum absolute atomic E-state index is 0.0602. The molecule has 0 bridgehead atoms. The summed E-state index contributed by atoms with van der Waals surface area (Å²) in [6, 6.07) is 16.0. The lowest BCUT2D eigenvalue weighted by molar-refractivity contribution is -0.153. The summed E-state index contributed by atoms with van der Waals surface area (Å²) in [5.74, 6) is 0.690. The topological polar surface area (TPSA) is 55.9 Å². The summed E-state index contributed by atoms with van der Waals surface area (Å²) in [5.41, 5.74) is 0.161. The first-order valence-corrected chi connectivity index (χ1v) is 12.1. The molecule has 0 aliphatic carbocycles. The fourth-order valence-corrected chi connectivity index (χ4v) is 5.15. The van der Waals surface area contributed by atoms with E-state index in [2.05, 4.69) is 11.2 Å². The second-order valence-electron chi connectivity index (χ2n) is 9.53. The van der Waals surface area contributed by atoms with Gasteiger partial charge in [0, 0.05) is 19.2 Å². The highest BCUT2D eigenvalue weighted by Gasteiger charge is 2.60. The quantitative estimate of drug-likeness (QED) is 0.386. The molecule has 3 aromatic carbocycles. The summed E-state index contributed by atoms with van der Waals surface area (Å²) in [4.78, 5) is 32.0. The molecule has 0 radical (unpaired) electrons. The van der Waals surface area contributed by atoms with E-state index in [9.17, 15) is 27.2 Å². The van der Waals surface area contributed by atoms with Crippen molar-refractivity contribution in [3.05, 3.63) is 89.2 Å². The third-order valence-electron chi connectivity index (χ3n) is 7.20. The molecule has 2 amide bonds. The molecule has 0 saturated carbocycles. The second-order valence-corrected chi connectivity index (χ2v) is 9.53. The van der Waals surface area contributed by atoms with E-state index in [1.807, 2.05) is 29.2 Å². The van der Waals surface area contributed by atoms with E-state index in [1.54, 1.807) is 7.05 Å². The van der Waals surface area contributed by atoms with E-state index >= 15 is 0 Å². The number of amides is 2. The zero-order valence-corrected chi connectivity index (χ0v) is 20.9. The normalized spacial score (nSPS) is 16.8. The molecular formula is C29H24F4N4O2. The maximum absolute atomic E-state index is 15.0. The largest absolute Gasteiger partial charge is 0.416 e. The molecule has 2 aliphatic heterocycles. The lowest BCUT2D eigenvalue weighted by Gasteiger charge is -2.58. The number of alkyl halides is 3. The average Bonchev–Trinajstić information content (AvgIpc) is 2.89. The number of benzene rings is 3. The first-order chi connectivity index (χ1) is 18.6. The van der Waals surface area contributed by atoms with Crippen molar-refractivity contribution in [3.8, 4) is 12.3 Å². The van der Waals surface area contributed by atoms with Gasteiger partial charge in [-0.05, 0) is 48.0 Å². The number of piperazine rings is 1. The predicted octanol–water partition coefficient (Wildman–Crippen LogP) is 4.50. The van der Waals surface area contributed by atoms with Gasteiger partial charge < -0.3 is 15.1 Å². The number of para-hydroxylation sites is 2. The summed E-state index contributed by atoms with van der Waals surface area (Å²) in [6.45, 7) is -0.244. The van der Waals surface area contributed by atoms with E-state index in [0.717, 1.165) is 34.5 Å². The van der Waals surface area contributed by atoms with E-state index in [-0.39, 0.29) is 25.3 Å². The standard InChI is InChI=1S/C29H24F4N4O2/c1-3-19-10-13-24(22(30)14-19)36-16-26(38)37(15-20-8-11-21(12-9-20)29(31,32)33)28(27(36)39)17-35(18-28)25-7-5-4-6-23(25)34-2/h1,4-14,34H,15-18H2,2H3. The van der Waals surface area contributed by atoms with Gasteiger partial charge in [0.05, 0.1) is 35.7 Å². The third-order valence-corrected chi connectivity index (χ3v) is 7.20. The fourth-order valence-electron chi connectivity index (χ4n) is 5.15. The van der Waals surface area contributed by atoms with E-state index in [1.165, 1.54) is 29.2 Å². The van der Waals surface area contributed by atoms with Gasteiger partial charge in [-0.15, -0.1) is 6.42 Å². The minimum atomic E-state index is -4.49. The van der Waals surface area contributed by atoms with Crippen LogP contribution in [0.2, 0.25) is 0 Å². The Kier molecular flexibility index (Phi) is 6.46. The van der Waals surface area contributed by atoms with Crippen LogP contribution < -0.4 is 15.1 Å². The average molecular weight is 537 g/mol. The van der Waals surface area contributed by atoms with Gasteiger partial charge in [-0.2, -0.15) is 13.2 Å². The van der Waals surface area contributed by atoms with Crippen LogP contribution in [0.1, 0.15) is 16.7 Å². The van der Waals surface area contributed by atoms with Crippen molar-refractivity contribution < 1.29 is 27.2 Å². The Morgan fingerprint density at radius 2 is 1.69 bits per heavy atom. The molecule has 6 nitrogen and oxygen atoms in total. The van der Waals surface area contributed by atoms with Crippen molar-refractivity contribution in [2.45, 2.75) is 18.3 Å². The first-order valence-electron chi connectivity index (χ1n) is 12.1. The lowest BCUT2D eigenvalue weighted by Crippen LogP contribution is -2.81. The van der Waals surface area contributed by atoms with Crippen molar-refractivity contribution in [1.82, 2.24) is 4.90 Å². The van der Waals surface area contributed by atoms with E-state index in [4.69, 9.17) is 6.42 Å². The van der Waals surface area contributed by atoms with Gasteiger partial charge in [-0.3, -0.25) is 14.5 Å². The molecule has 3 aromatic rings. The summed E-state index contributed by atoms with van der Waals surface area (Å²) in [5, 5.41) is 3.10. The molecule has 39 heavy (non-hydrogen) atoms. The Bertz CT molecular complexity index is 1470. The summed E-state index contributed by atoms with van der Waals surface area (Å²) in [6.07, 6.45) is 0.863. The Balaban J connectivity index is 1.50. The monoisotopic (exact) mass is 536 g/mol. The van der Waals surface area contributed by atoms with Crippen LogP contribution in [0.3, 0.4) is 0 Å². The molecule has 2 fully saturated rings. The number of anilines is 3. The fraction of sp³-hybridized carbons (Fsp3) is 0.241. The van der Waals surface area contributed by atoms with E-state index < -0.39 is 41.5 Å². The molecule has 0 aromatic heterocycles. The number of rotatable bonds is 5. The molecule has 200 valence electrons. The smallest absolute Gasteiger partial charge is 0.386 e. The Morgan fingerprint density at radius 1 is 1.00 bits per heavy atom. The van der Waals surface area contributed by atoms with Gasteiger partial charge in [0.1, 0.15) is 12.4 Å². The van der Waals surface area contributed by atoms with Crippen molar-refractivity contribution in [3.63, 3.8) is 0 Å². The molecule has 1 N–H and O–H groups in total. The third kappa shape index (κ3) is 4.54. The Labute approximate surface area is 222 Å². The van der Waals surface area contributed by atoms with Crippen LogP contribution >= 0.6 is 0 Å². The van der Waals surface area contributed by atoms with Crippen molar-refractivity contribution in [2.75, 3.05) is 41.8 Å². The lowest BCUT2D eigenvalue weighted by atomic mass is 9.82. The molecule has 2 saturated heterocycles. The van der Waals surface area contributed by atoms with Crippen LogP contribution in [0, 0.1) is 18.2 Å². The number of halogens is 4. The Morgan fingerprint density at radius 3 is 2.31 bits per heavy atom. The van der Waals surface area contributed by atoms with Crippen molar-refractivity contribution >= 4 is 28.9 Å². The van der Waals surface area contributed by atoms with E-state index in [0.29, 0.717) is 11.1 Å². The highest BCUT2D eigenvalue weighted by atomic mass is 19.4. The van der Waals surface area contributed by atoms with Crippen LogP contribution in [-0.4, -0.2) is 48.9 Å². The van der Waals surface area contributed by atoms with Gasteiger partial charge in [-0.25, -0.2) is 4.39 Å². The van der Waals surface area contributed by atoms with Crippen LogP contribution in [0.5, 0.6) is 0 Å². The van der Waals surface area contributed by atoms with Crippen molar-refractivity contribution in [2.24, 2.45) is 0 Å². The van der Waals surface area contributed by atoms with Gasteiger partial charge in [0.2, 0.25) is 5.91 Å². The molecule has 10 heteroatoms. The zero-order valence-electron chi connectivity index (χ0n) is 20.9. The van der Waals surface area contributed by atoms with Gasteiger partial charge in [-0.1, -0.05) is 30.2 Å². The summed E-state index contributed by atoms with van der Waals surface area (Å²) in [7, 11) is 1.77. The zero-order chi connectivity index (χ0) is 27.9. The maximum atomic E-state index is 15.0. The molecule has 1 spiro atoms. The highest BCUT2D eigenvalue weighted by molar-refractivity contribution is 6.11. The van der Waals surface area contributed by atoms with Crippen LogP contribution in [0.4, 0.5) is 34.6 Å². The minimum Gasteiger partial charge on any atom is -0.386 e. The Hall–Kier alpha value is -4.52. The number of hydrogen-bond acceptors (Lipinski definition) is 4. The van der Waals surface area contributed by atoms with Gasteiger partial charge in [0.15, 0.2) is 5.54 Å². The van der Waals surface area contributed by atoms with Crippen LogP contribution in [0.25, 0.3) is 0 Å². The molecule has 2 aliphatic rings. The highest BCUT2D eigenvalue weighted by Crippen LogP contribution is 2.41. The molecule has 5 rings (SSSR count). The molecule has 0 unspecified atom stereocenters. The summed E-state index contributed by atoms with van der Waals surface area (Å²) >= 11 is 0. The number of nitrogens with one attached hydrogen (secondary N) is 1. The van der Waals surface area contributed by atoms with Gasteiger partial charge in [0.25, 0.3) is 5.91 Å². The number of terminal acetylenes is 1. The number of hydrogen-bond donors (Lipinski definition) is 1. The number of nitrogens with zero attached hydrogens (tertiary/aromatic N) is 3. The molecule has 2 heterocycles. The first kappa shape index (κ1) is 26.1. The maximum Gasteiger partial charge on any atom is 0.416 e. The number of carbonyl (C=O) groups excluding carboxylic acids is 2. The second kappa shape index (κ2) is 9.66. The summed E-state index contributed by atoms with van der Waals surface area (Å²) < 4.78 is 54.2.